The molecule has 0 amide bonds. The first kappa shape index (κ1) is 21.4. The fourth-order valence-corrected chi connectivity index (χ4v) is 4.43. The van der Waals surface area contributed by atoms with Gasteiger partial charge >= 0.3 is 5.69 Å². The van der Waals surface area contributed by atoms with Crippen molar-refractivity contribution in [2.45, 2.75) is 78.9 Å². The minimum atomic E-state index is 0.123. The Morgan fingerprint density at radius 2 is 1.93 bits per heavy atom. The van der Waals surface area contributed by atoms with Crippen LogP contribution in [0.15, 0.2) is 17.1 Å². The highest BCUT2D eigenvalue weighted by Gasteiger charge is 2.22. The van der Waals surface area contributed by atoms with E-state index in [1.54, 1.807) is 11.3 Å². The lowest BCUT2D eigenvalue weighted by atomic mass is 9.99. The van der Waals surface area contributed by atoms with Crippen molar-refractivity contribution in [3.8, 4) is 5.75 Å². The van der Waals surface area contributed by atoms with Gasteiger partial charge in [0.2, 0.25) is 11.1 Å². The number of hydrogen-bond acceptors (Lipinski definition) is 4. The second-order valence-corrected chi connectivity index (χ2v) is 8.09. The molecule has 0 spiro atoms. The maximum absolute atomic E-state index is 9.47. The van der Waals surface area contributed by atoms with Gasteiger partial charge in [0.25, 0.3) is 0 Å². The lowest BCUT2D eigenvalue weighted by Gasteiger charge is -2.17. The highest BCUT2D eigenvalue weighted by Crippen LogP contribution is 2.35. The number of thiazole rings is 1. The average Bonchev–Trinajstić information content (AvgIpc) is 3.04. The smallest absolute Gasteiger partial charge is 0.427 e. The van der Waals surface area contributed by atoms with Crippen LogP contribution in [-0.4, -0.2) is 17.7 Å². The zero-order chi connectivity index (χ0) is 19.8. The van der Waals surface area contributed by atoms with Crippen molar-refractivity contribution in [1.29, 1.82) is 5.39 Å². The van der Waals surface area contributed by atoms with Gasteiger partial charge in [0.05, 0.1) is 22.4 Å². The molecule has 0 radical (unpaired) electrons. The van der Waals surface area contributed by atoms with Gasteiger partial charge in [-0.1, -0.05) is 58.3 Å². The zero-order valence-electron chi connectivity index (χ0n) is 17.4. The number of nitrogens with zero attached hydrogens (tertiary/aromatic N) is 4. The average molecular weight is 390 g/mol. The number of benzene rings is 1. The van der Waals surface area contributed by atoms with Crippen molar-refractivity contribution in [2.75, 3.05) is 7.05 Å². The molecule has 0 aliphatic heterocycles. The Hall–Kier alpha value is -1.87. The zero-order valence-corrected chi connectivity index (χ0v) is 18.2. The van der Waals surface area contributed by atoms with Crippen LogP contribution in [0, 0.1) is 11.3 Å². The number of aromatic nitrogens is 1. The monoisotopic (exact) mass is 389 g/mol. The number of unbranched alkanes of at least 4 members (excludes halogenated alkanes) is 1. The summed E-state index contributed by atoms with van der Waals surface area (Å²) in [6, 6.07) is 3.94. The lowest BCUT2D eigenvalue weighted by Crippen LogP contribution is -2.20. The number of fused-ring (bicyclic) bond motifs is 1. The molecular weight excluding hydrogens is 356 g/mol. The molecule has 148 valence electrons. The van der Waals surface area contributed by atoms with E-state index in [1.807, 2.05) is 19.2 Å². The molecule has 0 aliphatic carbocycles. The van der Waals surface area contributed by atoms with E-state index in [4.69, 9.17) is 4.74 Å². The second kappa shape index (κ2) is 10.5. The van der Waals surface area contributed by atoms with Crippen LogP contribution in [-0.2, 0) is 6.54 Å². The minimum Gasteiger partial charge on any atom is -0.483 e. The summed E-state index contributed by atoms with van der Waals surface area (Å²) in [6.07, 6.45) is 6.86. The lowest BCUT2D eigenvalue weighted by molar-refractivity contribution is 0.194. The number of diazo groups is 1. The highest BCUT2D eigenvalue weighted by atomic mass is 32.1. The molecule has 1 aromatic carbocycles. The van der Waals surface area contributed by atoms with Crippen molar-refractivity contribution in [2.24, 2.45) is 10.9 Å². The van der Waals surface area contributed by atoms with E-state index < -0.39 is 0 Å². The van der Waals surface area contributed by atoms with Gasteiger partial charge in [0.1, 0.15) is 0 Å². The fraction of sp³-hybridized carbons (Fsp3) is 0.667. The molecule has 1 atom stereocenters. The molecule has 27 heavy (non-hydrogen) atoms. The quantitative estimate of drug-likeness (QED) is 0.435. The number of hydrogen-bond donors (Lipinski definition) is 0. The summed E-state index contributed by atoms with van der Waals surface area (Å²) in [5.74, 6) is 1.29. The molecule has 5 nitrogen and oxygen atoms in total. The molecule has 0 aliphatic rings. The van der Waals surface area contributed by atoms with Crippen LogP contribution in [0.2, 0.25) is 0 Å². The van der Waals surface area contributed by atoms with Gasteiger partial charge in [0, 0.05) is 19.7 Å². The molecule has 0 N–H and O–H groups in total. The topological polar surface area (TPSA) is 54.7 Å². The van der Waals surface area contributed by atoms with E-state index >= 15 is 0 Å². The SMILES string of the molecule is CCCCC(CC)Cn1c(=NC)sc2cc([N+]#N)c(OC(CC)CC)cc21. The van der Waals surface area contributed by atoms with Crippen LogP contribution in [0.5, 0.6) is 5.75 Å². The van der Waals surface area contributed by atoms with E-state index in [0.717, 1.165) is 40.8 Å². The summed E-state index contributed by atoms with van der Waals surface area (Å²) in [5.41, 5.74) is 1.60. The summed E-state index contributed by atoms with van der Waals surface area (Å²) >= 11 is 1.64. The summed E-state index contributed by atoms with van der Waals surface area (Å²) < 4.78 is 9.53. The Morgan fingerprint density at radius 1 is 1.19 bits per heavy atom. The summed E-state index contributed by atoms with van der Waals surface area (Å²) in [6.45, 7) is 9.70. The van der Waals surface area contributed by atoms with E-state index in [0.29, 0.717) is 17.4 Å². The van der Waals surface area contributed by atoms with Crippen molar-refractivity contribution < 1.29 is 4.74 Å². The van der Waals surface area contributed by atoms with Crippen LogP contribution in [0.1, 0.15) is 66.2 Å². The van der Waals surface area contributed by atoms with Crippen molar-refractivity contribution in [3.05, 3.63) is 21.9 Å². The number of rotatable bonds is 10. The Kier molecular flexibility index (Phi) is 8.30. The van der Waals surface area contributed by atoms with E-state index in [9.17, 15) is 5.39 Å². The van der Waals surface area contributed by atoms with Gasteiger partial charge in [-0.05, 0) is 25.2 Å². The molecular formula is C21H33N4OS+. The summed E-state index contributed by atoms with van der Waals surface area (Å²) in [5, 5.41) is 9.47. The van der Waals surface area contributed by atoms with E-state index in [1.165, 1.54) is 19.3 Å². The first-order valence-electron chi connectivity index (χ1n) is 10.2. The molecule has 2 rings (SSSR count). The number of ether oxygens (including phenoxy) is 1. The Bertz CT molecular complexity index is 842. The standard InChI is InChI=1S/C21H33N4OS/c1-6-10-11-15(7-2)14-25-18-13-19(26-16(8-3)9-4)17(24-22)12-20(18)27-21(25)23-5/h12-13,15-16H,6-11,14H2,1-5H3/q+1. The largest absolute Gasteiger partial charge is 0.483 e. The van der Waals surface area contributed by atoms with Gasteiger partial charge in [-0.15, -0.1) is 0 Å². The molecule has 1 heterocycles. The van der Waals surface area contributed by atoms with E-state index in [2.05, 4.69) is 42.2 Å². The van der Waals surface area contributed by atoms with Crippen molar-refractivity contribution >= 4 is 27.2 Å². The van der Waals surface area contributed by atoms with Gasteiger partial charge in [-0.2, -0.15) is 0 Å². The predicted octanol–water partition coefficient (Wildman–Crippen LogP) is 6.50. The van der Waals surface area contributed by atoms with Gasteiger partial charge < -0.3 is 9.30 Å². The summed E-state index contributed by atoms with van der Waals surface area (Å²) in [4.78, 5) is 8.97. The maximum atomic E-state index is 9.47. The Balaban J connectivity index is 2.51. The minimum absolute atomic E-state index is 0.123. The summed E-state index contributed by atoms with van der Waals surface area (Å²) in [7, 11) is 1.84. The van der Waals surface area contributed by atoms with Crippen molar-refractivity contribution in [1.82, 2.24) is 4.57 Å². The molecule has 0 bridgehead atoms. The van der Waals surface area contributed by atoms with Crippen LogP contribution in [0.3, 0.4) is 0 Å². The van der Waals surface area contributed by atoms with E-state index in [-0.39, 0.29) is 6.10 Å². The van der Waals surface area contributed by atoms with Crippen molar-refractivity contribution in [3.63, 3.8) is 0 Å². The first-order valence-corrected chi connectivity index (χ1v) is 11.0. The van der Waals surface area contributed by atoms with Gasteiger partial charge in [-0.3, -0.25) is 4.99 Å². The third-order valence-electron chi connectivity index (χ3n) is 5.25. The molecule has 1 unspecified atom stereocenters. The normalized spacial score (nSPS) is 13.3. The molecule has 0 saturated heterocycles. The fourth-order valence-electron chi connectivity index (χ4n) is 3.41. The third-order valence-corrected chi connectivity index (χ3v) is 6.38. The van der Waals surface area contributed by atoms with Crippen LogP contribution < -0.4 is 9.54 Å². The maximum Gasteiger partial charge on any atom is 0.427 e. The molecule has 0 fully saturated rings. The second-order valence-electron chi connectivity index (χ2n) is 7.08. The first-order chi connectivity index (χ1) is 13.1. The molecule has 6 heteroatoms. The van der Waals surface area contributed by atoms with Crippen LogP contribution in [0.25, 0.3) is 15.2 Å². The van der Waals surface area contributed by atoms with Gasteiger partial charge in [-0.25, -0.2) is 0 Å². The van der Waals surface area contributed by atoms with Crippen LogP contribution >= 0.6 is 11.3 Å². The third kappa shape index (κ3) is 5.10. The molecule has 1 aromatic heterocycles. The Labute approximate surface area is 166 Å². The molecule has 2 aromatic rings. The molecule has 0 saturated carbocycles. The predicted molar refractivity (Wildman–Crippen MR) is 114 cm³/mol. The highest BCUT2D eigenvalue weighted by molar-refractivity contribution is 7.16. The van der Waals surface area contributed by atoms with Crippen LogP contribution in [0.4, 0.5) is 5.69 Å². The Morgan fingerprint density at radius 3 is 2.48 bits per heavy atom. The van der Waals surface area contributed by atoms with Gasteiger partial charge in [0.15, 0.2) is 9.78 Å².